The molecule has 0 spiro atoms. The molecule has 6 heteroatoms. The molecule has 3 nitrogen and oxygen atoms in total. The zero-order valence-electron chi connectivity index (χ0n) is 11.8. The van der Waals surface area contributed by atoms with Crippen LogP contribution in [0.15, 0.2) is 35.3 Å². The van der Waals surface area contributed by atoms with Crippen LogP contribution >= 0.6 is 11.6 Å². The van der Waals surface area contributed by atoms with Gasteiger partial charge in [0.1, 0.15) is 6.61 Å². The number of ether oxygens (including phenoxy) is 1. The second-order valence-corrected chi connectivity index (χ2v) is 4.39. The second-order valence-electron chi connectivity index (χ2n) is 4.05. The van der Waals surface area contributed by atoms with Gasteiger partial charge < -0.3 is 4.74 Å². The fraction of sp³-hybridized carbons (Fsp3) is 0.333. The molecule has 1 aromatic rings. The van der Waals surface area contributed by atoms with Gasteiger partial charge in [-0.3, -0.25) is 9.79 Å². The molecule has 1 aromatic carbocycles. The summed E-state index contributed by atoms with van der Waals surface area (Å²) in [7, 11) is 0. The fourth-order valence-electron chi connectivity index (χ4n) is 1.75. The van der Waals surface area contributed by atoms with Crippen molar-refractivity contribution in [3.63, 3.8) is 0 Å². The number of carbonyl (C=O) groups is 1. The second kappa shape index (κ2) is 8.52. The maximum Gasteiger partial charge on any atom is 0.264 e. The van der Waals surface area contributed by atoms with Crippen LogP contribution in [0.2, 0.25) is 0 Å². The number of hydrogen-bond acceptors (Lipinski definition) is 3. The smallest absolute Gasteiger partial charge is 0.264 e. The number of aliphatic imine (C=N–C) groups is 1. The minimum absolute atomic E-state index is 0.0193. The third-order valence-electron chi connectivity index (χ3n) is 2.65. The number of alkyl halides is 2. The fourth-order valence-corrected chi connectivity index (χ4v) is 1.92. The maximum atomic E-state index is 13.0. The summed E-state index contributed by atoms with van der Waals surface area (Å²) < 4.78 is 31.5. The Balaban J connectivity index is 3.10. The summed E-state index contributed by atoms with van der Waals surface area (Å²) in [5.74, 6) is 0.317. The molecule has 0 saturated carbocycles. The maximum absolute atomic E-state index is 13.0. The predicted octanol–water partition coefficient (Wildman–Crippen LogP) is 4.51. The Labute approximate surface area is 127 Å². The lowest BCUT2D eigenvalue weighted by atomic mass is 10.0. The van der Waals surface area contributed by atoms with Gasteiger partial charge in [-0.2, -0.15) is 0 Å². The highest BCUT2D eigenvalue weighted by Gasteiger charge is 2.19. The Morgan fingerprint density at radius 1 is 1.48 bits per heavy atom. The normalized spacial score (nSPS) is 12.2. The molecule has 1 rings (SSSR count). The SMILES string of the molecule is C/C=C\C(=NCC)OCc1c(C(=O)Cl)cccc1C(F)F. The van der Waals surface area contributed by atoms with Crippen LogP contribution in [-0.2, 0) is 11.3 Å². The van der Waals surface area contributed by atoms with Crippen molar-refractivity contribution in [2.75, 3.05) is 6.54 Å². The standard InChI is InChI=1S/C15H16ClF2NO2/c1-3-6-13(19-4-2)21-9-12-10(14(16)20)7-5-8-11(12)15(17)18/h3,5-8,15H,4,9H2,1-2H3/b6-3-,19-13?. The molecule has 0 unspecified atom stereocenters. The van der Waals surface area contributed by atoms with Crippen molar-refractivity contribution in [3.05, 3.63) is 47.0 Å². The lowest BCUT2D eigenvalue weighted by molar-refractivity contribution is 0.107. The summed E-state index contributed by atoms with van der Waals surface area (Å²) in [4.78, 5) is 15.4. The first-order chi connectivity index (χ1) is 10.0. The zero-order chi connectivity index (χ0) is 15.8. The van der Waals surface area contributed by atoms with Gasteiger partial charge in [0.25, 0.3) is 11.7 Å². The van der Waals surface area contributed by atoms with E-state index in [4.69, 9.17) is 16.3 Å². The van der Waals surface area contributed by atoms with E-state index < -0.39 is 11.7 Å². The van der Waals surface area contributed by atoms with Gasteiger partial charge in [-0.1, -0.05) is 18.2 Å². The van der Waals surface area contributed by atoms with E-state index in [0.29, 0.717) is 12.4 Å². The molecule has 0 saturated heterocycles. The van der Waals surface area contributed by atoms with E-state index in [1.165, 1.54) is 18.2 Å². The van der Waals surface area contributed by atoms with Crippen LogP contribution in [-0.4, -0.2) is 17.7 Å². The van der Waals surface area contributed by atoms with Crippen molar-refractivity contribution in [2.24, 2.45) is 4.99 Å². The Hall–Kier alpha value is -1.75. The summed E-state index contributed by atoms with van der Waals surface area (Å²) in [5.41, 5.74) is -0.163. The third-order valence-corrected chi connectivity index (χ3v) is 2.85. The molecule has 0 radical (unpaired) electrons. The van der Waals surface area contributed by atoms with Gasteiger partial charge in [-0.05, 0) is 37.6 Å². The van der Waals surface area contributed by atoms with Crippen LogP contribution in [0.4, 0.5) is 8.78 Å². The first-order valence-electron chi connectivity index (χ1n) is 6.40. The summed E-state index contributed by atoms with van der Waals surface area (Å²) in [6.07, 6.45) is 0.630. The van der Waals surface area contributed by atoms with Gasteiger partial charge in [0, 0.05) is 23.2 Å². The lowest BCUT2D eigenvalue weighted by Gasteiger charge is -2.13. The molecule has 21 heavy (non-hydrogen) atoms. The lowest BCUT2D eigenvalue weighted by Crippen LogP contribution is -2.09. The molecule has 0 N–H and O–H groups in total. The molecular weight excluding hydrogens is 300 g/mol. The van der Waals surface area contributed by atoms with Crippen molar-refractivity contribution in [1.82, 2.24) is 0 Å². The van der Waals surface area contributed by atoms with Crippen LogP contribution in [0.25, 0.3) is 0 Å². The molecule has 0 fully saturated rings. The highest BCUT2D eigenvalue weighted by molar-refractivity contribution is 6.67. The van der Waals surface area contributed by atoms with Crippen LogP contribution in [0.3, 0.4) is 0 Å². The number of rotatable bonds is 6. The van der Waals surface area contributed by atoms with Gasteiger partial charge in [0.2, 0.25) is 5.90 Å². The molecule has 0 aliphatic carbocycles. The van der Waals surface area contributed by atoms with Gasteiger partial charge in [-0.25, -0.2) is 8.78 Å². The average Bonchev–Trinajstić information content (AvgIpc) is 2.44. The number of benzene rings is 1. The monoisotopic (exact) mass is 315 g/mol. The number of nitrogens with zero attached hydrogens (tertiary/aromatic N) is 1. The van der Waals surface area contributed by atoms with Gasteiger partial charge in [0.05, 0.1) is 0 Å². The van der Waals surface area contributed by atoms with Crippen molar-refractivity contribution in [2.45, 2.75) is 26.9 Å². The Morgan fingerprint density at radius 3 is 2.71 bits per heavy atom. The van der Waals surface area contributed by atoms with E-state index in [1.807, 2.05) is 6.92 Å². The number of allylic oxidation sites excluding steroid dienone is 1. The highest BCUT2D eigenvalue weighted by Crippen LogP contribution is 2.27. The topological polar surface area (TPSA) is 38.7 Å². The number of hydrogen-bond donors (Lipinski definition) is 0. The Bertz CT molecular complexity index is 557. The van der Waals surface area contributed by atoms with E-state index in [1.54, 1.807) is 19.1 Å². The van der Waals surface area contributed by atoms with Crippen LogP contribution in [0.5, 0.6) is 0 Å². The van der Waals surface area contributed by atoms with Gasteiger partial charge >= 0.3 is 0 Å². The summed E-state index contributed by atoms with van der Waals surface area (Å²) in [5, 5.41) is -0.795. The van der Waals surface area contributed by atoms with E-state index in [9.17, 15) is 13.6 Å². The summed E-state index contributed by atoms with van der Waals surface area (Å²) >= 11 is 5.44. The predicted molar refractivity (Wildman–Crippen MR) is 79.2 cm³/mol. The van der Waals surface area contributed by atoms with Crippen molar-refractivity contribution in [3.8, 4) is 0 Å². The van der Waals surface area contributed by atoms with E-state index in [-0.39, 0.29) is 23.3 Å². The minimum atomic E-state index is -2.71. The third kappa shape index (κ3) is 4.93. The molecule has 0 aromatic heterocycles. The molecule has 0 amide bonds. The van der Waals surface area contributed by atoms with Crippen LogP contribution in [0.1, 0.15) is 41.8 Å². The minimum Gasteiger partial charge on any atom is -0.473 e. The Kier molecular flexibility index (Phi) is 7.02. The van der Waals surface area contributed by atoms with Crippen molar-refractivity contribution >= 4 is 22.7 Å². The van der Waals surface area contributed by atoms with Gasteiger partial charge in [0.15, 0.2) is 0 Å². The number of halogens is 3. The zero-order valence-corrected chi connectivity index (χ0v) is 12.5. The molecule has 0 heterocycles. The molecule has 114 valence electrons. The molecule has 0 atom stereocenters. The first kappa shape index (κ1) is 17.3. The summed E-state index contributed by atoms with van der Waals surface area (Å²) in [6, 6.07) is 4.01. The first-order valence-corrected chi connectivity index (χ1v) is 6.78. The largest absolute Gasteiger partial charge is 0.473 e. The molecule has 0 bridgehead atoms. The van der Waals surface area contributed by atoms with Crippen LogP contribution in [0, 0.1) is 0 Å². The van der Waals surface area contributed by atoms with Gasteiger partial charge in [-0.15, -0.1) is 0 Å². The molecule has 0 aliphatic heterocycles. The average molecular weight is 316 g/mol. The highest BCUT2D eigenvalue weighted by atomic mass is 35.5. The van der Waals surface area contributed by atoms with Crippen molar-refractivity contribution < 1.29 is 18.3 Å². The Morgan fingerprint density at radius 2 is 2.19 bits per heavy atom. The number of carbonyl (C=O) groups excluding carboxylic acids is 1. The quantitative estimate of drug-likeness (QED) is 0.440. The molecule has 0 aliphatic rings. The van der Waals surface area contributed by atoms with E-state index in [0.717, 1.165) is 0 Å². The molecular formula is C15H16ClF2NO2. The van der Waals surface area contributed by atoms with Crippen molar-refractivity contribution in [1.29, 1.82) is 0 Å². The van der Waals surface area contributed by atoms with E-state index >= 15 is 0 Å². The summed E-state index contributed by atoms with van der Waals surface area (Å²) in [6.45, 7) is 3.91. The van der Waals surface area contributed by atoms with Crippen LogP contribution < -0.4 is 0 Å². The van der Waals surface area contributed by atoms with E-state index in [2.05, 4.69) is 4.99 Å².